The average Bonchev–Trinajstić information content (AvgIpc) is 2.52. The molecular weight excluding hydrogens is 228 g/mol. The highest BCUT2D eigenvalue weighted by molar-refractivity contribution is 7.09. The first-order valence-corrected chi connectivity index (χ1v) is 6.54. The summed E-state index contributed by atoms with van der Waals surface area (Å²) in [4.78, 5) is 6.83. The molecule has 0 aliphatic heterocycles. The lowest BCUT2D eigenvalue weighted by Crippen LogP contribution is -2.20. The Morgan fingerprint density at radius 1 is 1.47 bits per heavy atom. The van der Waals surface area contributed by atoms with E-state index in [4.69, 9.17) is 11.6 Å². The Hall–Kier alpha value is -0.120. The van der Waals surface area contributed by atoms with Crippen molar-refractivity contribution < 1.29 is 0 Å². The Bertz CT molecular complexity index is 304. The molecule has 0 radical (unpaired) electrons. The van der Waals surface area contributed by atoms with Crippen LogP contribution in [-0.2, 0) is 12.0 Å². The van der Waals surface area contributed by atoms with Crippen LogP contribution in [0.15, 0.2) is 5.38 Å². The predicted molar refractivity (Wildman–Crippen MR) is 67.9 cm³/mol. The second-order valence-electron chi connectivity index (χ2n) is 4.80. The van der Waals surface area contributed by atoms with E-state index in [9.17, 15) is 0 Å². The molecule has 1 rings (SSSR count). The maximum Gasteiger partial charge on any atom is 0.107 e. The molecule has 1 aromatic heterocycles. The molecule has 15 heavy (non-hydrogen) atoms. The van der Waals surface area contributed by atoms with Gasteiger partial charge in [0.2, 0.25) is 0 Å². The molecule has 1 aromatic rings. The van der Waals surface area contributed by atoms with Crippen LogP contribution < -0.4 is 0 Å². The monoisotopic (exact) mass is 246 g/mol. The largest absolute Gasteiger partial charge is 0.299 e. The fourth-order valence-electron chi connectivity index (χ4n) is 1.18. The number of halogens is 1. The van der Waals surface area contributed by atoms with Crippen molar-refractivity contribution in [1.29, 1.82) is 0 Å². The van der Waals surface area contributed by atoms with E-state index in [1.54, 1.807) is 11.3 Å². The normalized spacial score (nSPS) is 12.4. The molecule has 86 valence electrons. The predicted octanol–water partition coefficient (Wildman–Crippen LogP) is 3.11. The Kier molecular flexibility index (Phi) is 4.56. The molecule has 4 heteroatoms. The van der Waals surface area contributed by atoms with Crippen LogP contribution in [0.4, 0.5) is 0 Å². The fraction of sp³-hybridized carbons (Fsp3) is 0.727. The Morgan fingerprint density at radius 3 is 2.60 bits per heavy atom. The van der Waals surface area contributed by atoms with E-state index >= 15 is 0 Å². The van der Waals surface area contributed by atoms with Gasteiger partial charge in [-0.1, -0.05) is 20.8 Å². The molecular formula is C11H19ClN2S. The first-order valence-electron chi connectivity index (χ1n) is 5.13. The van der Waals surface area contributed by atoms with Crippen molar-refractivity contribution in [2.45, 2.75) is 32.7 Å². The molecule has 0 saturated heterocycles. The highest BCUT2D eigenvalue weighted by Gasteiger charge is 2.17. The Labute approximate surface area is 101 Å². The number of hydrogen-bond donors (Lipinski definition) is 0. The van der Waals surface area contributed by atoms with Gasteiger partial charge in [0, 0.05) is 23.2 Å². The van der Waals surface area contributed by atoms with E-state index in [0.29, 0.717) is 5.88 Å². The molecule has 0 bridgehead atoms. The molecule has 0 saturated carbocycles. The van der Waals surface area contributed by atoms with Gasteiger partial charge in [-0.3, -0.25) is 4.90 Å². The highest BCUT2D eigenvalue weighted by Crippen LogP contribution is 2.24. The summed E-state index contributed by atoms with van der Waals surface area (Å²) in [5.41, 5.74) is 1.33. The first-order chi connectivity index (χ1) is 6.93. The smallest absolute Gasteiger partial charge is 0.107 e. The highest BCUT2D eigenvalue weighted by atomic mass is 35.5. The molecule has 0 amide bonds. The van der Waals surface area contributed by atoms with Gasteiger partial charge in [0.1, 0.15) is 5.01 Å². The number of aromatic nitrogens is 1. The minimum absolute atomic E-state index is 0.153. The molecule has 0 N–H and O–H groups in total. The van der Waals surface area contributed by atoms with Crippen LogP contribution in [0.5, 0.6) is 0 Å². The quantitative estimate of drug-likeness (QED) is 0.759. The van der Waals surface area contributed by atoms with E-state index in [2.05, 4.69) is 43.1 Å². The number of thiazole rings is 1. The van der Waals surface area contributed by atoms with Crippen LogP contribution in [0.3, 0.4) is 0 Å². The zero-order valence-electron chi connectivity index (χ0n) is 9.88. The average molecular weight is 247 g/mol. The van der Waals surface area contributed by atoms with E-state index in [0.717, 1.165) is 13.1 Å². The van der Waals surface area contributed by atoms with Crippen LogP contribution in [0.1, 0.15) is 31.5 Å². The van der Waals surface area contributed by atoms with Crippen molar-refractivity contribution in [3.8, 4) is 0 Å². The topological polar surface area (TPSA) is 16.1 Å². The van der Waals surface area contributed by atoms with Crippen LogP contribution in [-0.4, -0.2) is 29.4 Å². The standard InChI is InChI=1S/C11H19ClN2S/c1-11(2,3)9-8-15-10(13-9)7-14(4)6-5-12/h8H,5-7H2,1-4H3. The maximum atomic E-state index is 5.68. The van der Waals surface area contributed by atoms with Crippen molar-refractivity contribution in [3.05, 3.63) is 16.1 Å². The summed E-state index contributed by atoms with van der Waals surface area (Å²) in [6.07, 6.45) is 0. The Morgan fingerprint density at radius 2 is 2.13 bits per heavy atom. The zero-order valence-corrected chi connectivity index (χ0v) is 11.5. The van der Waals surface area contributed by atoms with Crippen LogP contribution in [0.2, 0.25) is 0 Å². The third kappa shape index (κ3) is 4.09. The van der Waals surface area contributed by atoms with Crippen LogP contribution >= 0.6 is 22.9 Å². The van der Waals surface area contributed by atoms with Crippen molar-refractivity contribution >= 4 is 22.9 Å². The number of nitrogens with zero attached hydrogens (tertiary/aromatic N) is 2. The van der Waals surface area contributed by atoms with Crippen molar-refractivity contribution in [2.24, 2.45) is 0 Å². The molecule has 0 fully saturated rings. The Balaban J connectivity index is 2.61. The van der Waals surface area contributed by atoms with Gasteiger partial charge in [0.05, 0.1) is 12.2 Å². The van der Waals surface area contributed by atoms with E-state index in [-0.39, 0.29) is 5.41 Å². The number of hydrogen-bond acceptors (Lipinski definition) is 3. The van der Waals surface area contributed by atoms with Gasteiger partial charge >= 0.3 is 0 Å². The summed E-state index contributed by atoms with van der Waals surface area (Å²) >= 11 is 7.42. The first kappa shape index (κ1) is 12.9. The molecule has 1 heterocycles. The van der Waals surface area contributed by atoms with Gasteiger partial charge in [-0.05, 0) is 7.05 Å². The summed E-state index contributed by atoms with van der Waals surface area (Å²) in [7, 11) is 2.07. The van der Waals surface area contributed by atoms with Gasteiger partial charge in [0.25, 0.3) is 0 Å². The molecule has 0 aromatic carbocycles. The summed E-state index contributed by atoms with van der Waals surface area (Å²) in [6.45, 7) is 8.37. The summed E-state index contributed by atoms with van der Waals surface area (Å²) in [6, 6.07) is 0. The number of rotatable bonds is 4. The molecule has 0 aliphatic rings. The molecule has 2 nitrogen and oxygen atoms in total. The lowest BCUT2D eigenvalue weighted by atomic mass is 9.93. The molecule has 0 unspecified atom stereocenters. The van der Waals surface area contributed by atoms with Crippen LogP contribution in [0, 0.1) is 0 Å². The van der Waals surface area contributed by atoms with Crippen molar-refractivity contribution in [3.63, 3.8) is 0 Å². The van der Waals surface area contributed by atoms with Gasteiger partial charge in [-0.15, -0.1) is 22.9 Å². The molecule has 0 spiro atoms. The van der Waals surface area contributed by atoms with Crippen LogP contribution in [0.25, 0.3) is 0 Å². The number of alkyl halides is 1. The SMILES string of the molecule is CN(CCCl)Cc1nc(C(C)(C)C)cs1. The summed E-state index contributed by atoms with van der Waals surface area (Å²) < 4.78 is 0. The van der Waals surface area contributed by atoms with Gasteiger partial charge in [-0.2, -0.15) is 0 Å². The second-order valence-corrected chi connectivity index (χ2v) is 6.12. The minimum atomic E-state index is 0.153. The fourth-order valence-corrected chi connectivity index (χ4v) is 2.57. The van der Waals surface area contributed by atoms with E-state index < -0.39 is 0 Å². The zero-order chi connectivity index (χ0) is 11.5. The summed E-state index contributed by atoms with van der Waals surface area (Å²) in [5, 5.41) is 3.33. The van der Waals surface area contributed by atoms with Crippen molar-refractivity contribution in [2.75, 3.05) is 19.5 Å². The van der Waals surface area contributed by atoms with E-state index in [1.807, 2.05) is 0 Å². The summed E-state index contributed by atoms with van der Waals surface area (Å²) in [5.74, 6) is 0.675. The minimum Gasteiger partial charge on any atom is -0.299 e. The van der Waals surface area contributed by atoms with Gasteiger partial charge in [0.15, 0.2) is 0 Å². The van der Waals surface area contributed by atoms with Gasteiger partial charge in [-0.25, -0.2) is 4.98 Å². The third-order valence-electron chi connectivity index (χ3n) is 2.19. The third-order valence-corrected chi connectivity index (χ3v) is 3.19. The van der Waals surface area contributed by atoms with Crippen molar-refractivity contribution in [1.82, 2.24) is 9.88 Å². The maximum absolute atomic E-state index is 5.68. The molecule has 0 atom stereocenters. The molecule has 0 aliphatic carbocycles. The lowest BCUT2D eigenvalue weighted by molar-refractivity contribution is 0.346. The lowest BCUT2D eigenvalue weighted by Gasteiger charge is -2.15. The van der Waals surface area contributed by atoms with Gasteiger partial charge < -0.3 is 0 Å². The second kappa shape index (κ2) is 5.28. The van der Waals surface area contributed by atoms with E-state index in [1.165, 1.54) is 10.7 Å².